The van der Waals surface area contributed by atoms with Gasteiger partial charge < -0.3 is 20.3 Å². The van der Waals surface area contributed by atoms with E-state index >= 15 is 0 Å². The number of anilines is 1. The van der Waals surface area contributed by atoms with Gasteiger partial charge in [-0.15, -0.1) is 24.0 Å². The molecule has 1 unspecified atom stereocenters. The summed E-state index contributed by atoms with van der Waals surface area (Å²) in [6.45, 7) is 6.08. The number of nitrogens with one attached hydrogen (secondary N) is 2. The van der Waals surface area contributed by atoms with Crippen LogP contribution in [0.2, 0.25) is 0 Å². The predicted octanol–water partition coefficient (Wildman–Crippen LogP) is 2.46. The van der Waals surface area contributed by atoms with Gasteiger partial charge in [-0.2, -0.15) is 13.2 Å². The van der Waals surface area contributed by atoms with E-state index in [1.54, 1.807) is 7.05 Å². The number of alkyl halides is 3. The lowest BCUT2D eigenvalue weighted by atomic mass is 10.1. The lowest BCUT2D eigenvalue weighted by Gasteiger charge is -2.21. The van der Waals surface area contributed by atoms with Gasteiger partial charge in [0.2, 0.25) is 5.95 Å². The van der Waals surface area contributed by atoms with Gasteiger partial charge in [-0.05, 0) is 19.4 Å². The van der Waals surface area contributed by atoms with Crippen molar-refractivity contribution in [3.05, 3.63) is 18.0 Å². The number of ether oxygens (including phenoxy) is 1. The summed E-state index contributed by atoms with van der Waals surface area (Å²) in [6, 6.07) is 0.845. The highest BCUT2D eigenvalue weighted by atomic mass is 127. The van der Waals surface area contributed by atoms with Crippen LogP contribution in [-0.4, -0.2) is 67.3 Å². The van der Waals surface area contributed by atoms with E-state index in [0.717, 1.165) is 44.3 Å². The summed E-state index contributed by atoms with van der Waals surface area (Å²) in [6.07, 6.45) is -2.34. The number of hydrogen-bond donors (Lipinski definition) is 2. The molecule has 1 aliphatic heterocycles. The number of nitrogens with zero attached hydrogens (tertiary/aromatic N) is 4. The molecule has 1 saturated heterocycles. The second-order valence-corrected chi connectivity index (χ2v) is 5.92. The molecule has 0 amide bonds. The van der Waals surface area contributed by atoms with Crippen LogP contribution in [0.3, 0.4) is 0 Å². The zero-order valence-electron chi connectivity index (χ0n) is 15.4. The van der Waals surface area contributed by atoms with Crippen molar-refractivity contribution in [3.8, 4) is 0 Å². The molecule has 0 radical (unpaired) electrons. The molecular weight excluding hydrogens is 476 g/mol. The number of rotatable bonds is 7. The highest BCUT2D eigenvalue weighted by Gasteiger charge is 2.32. The molecule has 27 heavy (non-hydrogen) atoms. The van der Waals surface area contributed by atoms with Crippen LogP contribution in [0.4, 0.5) is 19.1 Å². The van der Waals surface area contributed by atoms with E-state index in [0.29, 0.717) is 25.6 Å². The Morgan fingerprint density at radius 1 is 1.41 bits per heavy atom. The average molecular weight is 502 g/mol. The molecule has 7 nitrogen and oxygen atoms in total. The van der Waals surface area contributed by atoms with Crippen LogP contribution < -0.4 is 10.6 Å². The summed E-state index contributed by atoms with van der Waals surface area (Å²) in [5, 5.41) is 5.98. The molecule has 2 heterocycles. The molecule has 0 aromatic carbocycles. The van der Waals surface area contributed by atoms with Crippen LogP contribution in [0, 0.1) is 5.92 Å². The third kappa shape index (κ3) is 7.64. The van der Waals surface area contributed by atoms with Gasteiger partial charge in [0, 0.05) is 51.9 Å². The van der Waals surface area contributed by atoms with Gasteiger partial charge in [0.25, 0.3) is 0 Å². The van der Waals surface area contributed by atoms with Crippen molar-refractivity contribution in [3.63, 3.8) is 0 Å². The first kappa shape index (κ1) is 23.7. The molecule has 1 fully saturated rings. The van der Waals surface area contributed by atoms with E-state index in [2.05, 4.69) is 30.5 Å². The normalized spacial score (nSPS) is 17.6. The topological polar surface area (TPSA) is 74.7 Å². The van der Waals surface area contributed by atoms with Gasteiger partial charge in [-0.3, -0.25) is 4.99 Å². The fourth-order valence-electron chi connectivity index (χ4n) is 2.73. The van der Waals surface area contributed by atoms with E-state index in [-0.39, 0.29) is 29.9 Å². The van der Waals surface area contributed by atoms with Crippen LogP contribution >= 0.6 is 24.0 Å². The Kier molecular flexibility index (Phi) is 10.1. The van der Waals surface area contributed by atoms with E-state index in [4.69, 9.17) is 4.74 Å². The fraction of sp³-hybridized carbons (Fsp3) is 0.688. The van der Waals surface area contributed by atoms with Crippen molar-refractivity contribution >= 4 is 35.9 Å². The minimum absolute atomic E-state index is 0. The molecule has 1 atom stereocenters. The lowest BCUT2D eigenvalue weighted by Crippen LogP contribution is -2.42. The maximum atomic E-state index is 12.6. The average Bonchev–Trinajstić information content (AvgIpc) is 3.08. The Bertz CT molecular complexity index is 602. The number of aromatic nitrogens is 2. The van der Waals surface area contributed by atoms with Gasteiger partial charge >= 0.3 is 6.18 Å². The Morgan fingerprint density at radius 3 is 2.85 bits per heavy atom. The standard InChI is InChI=1S/C16H25F3N6O.HI/c1-3-26-11-12-5-9-25(10-12)15(20-2)23-8-7-22-14-21-6-4-13(24-14)16(17,18)19;/h4,6,12H,3,5,7-11H2,1-2H3,(H,20,23)(H,21,22,24);1H. The molecule has 0 spiro atoms. The molecule has 0 bridgehead atoms. The van der Waals surface area contributed by atoms with Crippen molar-refractivity contribution in [2.45, 2.75) is 19.5 Å². The van der Waals surface area contributed by atoms with E-state index in [9.17, 15) is 13.2 Å². The molecule has 0 saturated carbocycles. The third-order valence-corrected chi connectivity index (χ3v) is 3.99. The number of likely N-dealkylation sites (tertiary alicyclic amines) is 1. The van der Waals surface area contributed by atoms with Crippen LogP contribution in [0.1, 0.15) is 19.0 Å². The number of guanidine groups is 1. The summed E-state index contributed by atoms with van der Waals surface area (Å²) in [7, 11) is 1.71. The van der Waals surface area contributed by atoms with Crippen LogP contribution in [-0.2, 0) is 10.9 Å². The van der Waals surface area contributed by atoms with Crippen LogP contribution in [0.5, 0.6) is 0 Å². The summed E-state index contributed by atoms with van der Waals surface area (Å²) in [5.41, 5.74) is -0.962. The molecule has 1 aromatic heterocycles. The van der Waals surface area contributed by atoms with Gasteiger partial charge in [-0.1, -0.05) is 0 Å². The summed E-state index contributed by atoms with van der Waals surface area (Å²) < 4.78 is 43.4. The molecule has 2 N–H and O–H groups in total. The Hall–Kier alpha value is -1.37. The highest BCUT2D eigenvalue weighted by Crippen LogP contribution is 2.27. The molecule has 1 aromatic rings. The number of halogens is 4. The molecule has 0 aliphatic carbocycles. The molecule has 154 valence electrons. The highest BCUT2D eigenvalue weighted by molar-refractivity contribution is 14.0. The smallest absolute Gasteiger partial charge is 0.381 e. The SMILES string of the molecule is CCOCC1CCN(C(=NC)NCCNc2nccc(C(F)(F)F)n2)C1.I. The first-order valence-corrected chi connectivity index (χ1v) is 8.61. The lowest BCUT2D eigenvalue weighted by molar-refractivity contribution is -0.141. The largest absolute Gasteiger partial charge is 0.433 e. The first-order chi connectivity index (χ1) is 12.4. The second kappa shape index (κ2) is 11.5. The van der Waals surface area contributed by atoms with Gasteiger partial charge in [0.15, 0.2) is 5.96 Å². The Morgan fingerprint density at radius 2 is 2.19 bits per heavy atom. The summed E-state index contributed by atoms with van der Waals surface area (Å²) >= 11 is 0. The number of hydrogen-bond acceptors (Lipinski definition) is 5. The summed E-state index contributed by atoms with van der Waals surface area (Å²) in [4.78, 5) is 13.7. The maximum absolute atomic E-state index is 12.6. The van der Waals surface area contributed by atoms with Gasteiger partial charge in [0.1, 0.15) is 5.69 Å². The zero-order chi connectivity index (χ0) is 19.0. The van der Waals surface area contributed by atoms with E-state index in [1.165, 1.54) is 0 Å². The Labute approximate surface area is 174 Å². The van der Waals surface area contributed by atoms with Crippen LogP contribution in [0.15, 0.2) is 17.3 Å². The van der Waals surface area contributed by atoms with Crippen molar-refractivity contribution in [1.82, 2.24) is 20.2 Å². The van der Waals surface area contributed by atoms with Crippen LogP contribution in [0.25, 0.3) is 0 Å². The van der Waals surface area contributed by atoms with Crippen molar-refractivity contribution in [1.29, 1.82) is 0 Å². The van der Waals surface area contributed by atoms with E-state index < -0.39 is 11.9 Å². The Balaban J connectivity index is 0.00000364. The second-order valence-electron chi connectivity index (χ2n) is 5.92. The molecule has 1 aliphatic rings. The fourth-order valence-corrected chi connectivity index (χ4v) is 2.73. The molecule has 2 rings (SSSR count). The molecule has 11 heteroatoms. The third-order valence-electron chi connectivity index (χ3n) is 3.99. The summed E-state index contributed by atoms with van der Waals surface area (Å²) in [5.74, 6) is 1.22. The van der Waals surface area contributed by atoms with E-state index in [1.807, 2.05) is 6.92 Å². The van der Waals surface area contributed by atoms with Gasteiger partial charge in [0.05, 0.1) is 6.61 Å². The quantitative estimate of drug-likeness (QED) is 0.259. The van der Waals surface area contributed by atoms with Crippen molar-refractivity contribution in [2.75, 3.05) is 51.8 Å². The minimum Gasteiger partial charge on any atom is -0.381 e. The van der Waals surface area contributed by atoms with Crippen molar-refractivity contribution < 1.29 is 17.9 Å². The predicted molar refractivity (Wildman–Crippen MR) is 108 cm³/mol. The van der Waals surface area contributed by atoms with Gasteiger partial charge in [-0.25, -0.2) is 9.97 Å². The number of aliphatic imine (C=N–C) groups is 1. The minimum atomic E-state index is -4.48. The monoisotopic (exact) mass is 502 g/mol. The van der Waals surface area contributed by atoms with Crippen molar-refractivity contribution in [2.24, 2.45) is 10.9 Å². The first-order valence-electron chi connectivity index (χ1n) is 8.61. The molecular formula is C16H26F3IN6O. The maximum Gasteiger partial charge on any atom is 0.433 e. The zero-order valence-corrected chi connectivity index (χ0v) is 17.8.